The fourth-order valence-corrected chi connectivity index (χ4v) is 1.59. The topological polar surface area (TPSA) is 38.7 Å². The van der Waals surface area contributed by atoms with E-state index in [1.165, 1.54) is 6.20 Å². The van der Waals surface area contributed by atoms with Crippen LogP contribution in [0.4, 0.5) is 13.2 Å². The van der Waals surface area contributed by atoms with Gasteiger partial charge in [-0.15, -0.1) is 0 Å². The molecule has 0 aliphatic heterocycles. The first-order valence-corrected chi connectivity index (χ1v) is 4.67. The average Bonchev–Trinajstić information content (AvgIpc) is 2.67. The molecule has 0 saturated heterocycles. The molecule has 0 unspecified atom stereocenters. The van der Waals surface area contributed by atoms with Crippen LogP contribution >= 0.6 is 11.5 Å². The van der Waals surface area contributed by atoms with Gasteiger partial charge in [-0.2, -0.15) is 17.5 Å². The Morgan fingerprint density at radius 2 is 2.00 bits per heavy atom. The van der Waals surface area contributed by atoms with Gasteiger partial charge in [0.2, 0.25) is 5.82 Å². The van der Waals surface area contributed by atoms with Crippen molar-refractivity contribution in [2.75, 3.05) is 0 Å². The molecule has 0 spiro atoms. The van der Waals surface area contributed by atoms with Gasteiger partial charge in [-0.1, -0.05) is 6.07 Å². The maximum Gasteiger partial charge on any atom is 0.452 e. The molecule has 0 fully saturated rings. The van der Waals surface area contributed by atoms with Gasteiger partial charge < -0.3 is 0 Å². The zero-order valence-corrected chi connectivity index (χ0v) is 8.01. The van der Waals surface area contributed by atoms with Gasteiger partial charge in [0.25, 0.3) is 0 Å². The van der Waals surface area contributed by atoms with Gasteiger partial charge in [0, 0.05) is 6.20 Å². The number of aromatic nitrogens is 3. The summed E-state index contributed by atoms with van der Waals surface area (Å²) < 4.78 is 39.8. The third-order valence-electron chi connectivity index (χ3n) is 1.56. The fourth-order valence-electron chi connectivity index (χ4n) is 0.932. The van der Waals surface area contributed by atoms with Crippen LogP contribution in [-0.2, 0) is 6.18 Å². The average molecular weight is 231 g/mol. The number of hydrogen-bond acceptors (Lipinski definition) is 4. The van der Waals surface area contributed by atoms with E-state index in [-0.39, 0.29) is 5.01 Å². The van der Waals surface area contributed by atoms with E-state index in [4.69, 9.17) is 0 Å². The van der Waals surface area contributed by atoms with Crippen LogP contribution in [0.15, 0.2) is 24.4 Å². The predicted octanol–water partition coefficient (Wildman–Crippen LogP) is 2.62. The van der Waals surface area contributed by atoms with Gasteiger partial charge in [0.15, 0.2) is 5.01 Å². The molecule has 2 heterocycles. The second kappa shape index (κ2) is 3.58. The summed E-state index contributed by atoms with van der Waals surface area (Å²) in [7, 11) is 0. The standard InChI is InChI=1S/C8H4F3N3S/c9-8(10,11)7-13-6(15-14-7)5-3-1-2-4-12-5/h1-4H. The van der Waals surface area contributed by atoms with Crippen molar-refractivity contribution in [1.29, 1.82) is 0 Å². The van der Waals surface area contributed by atoms with Crippen molar-refractivity contribution in [1.82, 2.24) is 14.3 Å². The van der Waals surface area contributed by atoms with Gasteiger partial charge in [0.1, 0.15) is 5.69 Å². The summed E-state index contributed by atoms with van der Waals surface area (Å²) in [5, 5.41) is 0.169. The third kappa shape index (κ3) is 2.12. The van der Waals surface area contributed by atoms with E-state index in [0.29, 0.717) is 17.2 Å². The van der Waals surface area contributed by atoms with Crippen LogP contribution in [-0.4, -0.2) is 14.3 Å². The molecule has 0 aromatic carbocycles. The van der Waals surface area contributed by atoms with Crippen LogP contribution < -0.4 is 0 Å². The first kappa shape index (κ1) is 10.0. The number of rotatable bonds is 1. The minimum Gasteiger partial charge on any atom is -0.254 e. The van der Waals surface area contributed by atoms with Gasteiger partial charge in [-0.25, -0.2) is 4.98 Å². The molecule has 0 aliphatic carbocycles. The van der Waals surface area contributed by atoms with Crippen LogP contribution in [0.2, 0.25) is 0 Å². The molecule has 0 atom stereocenters. The highest BCUT2D eigenvalue weighted by atomic mass is 32.1. The summed E-state index contributed by atoms with van der Waals surface area (Å²) >= 11 is 0.686. The lowest BCUT2D eigenvalue weighted by Crippen LogP contribution is -2.06. The zero-order chi connectivity index (χ0) is 10.9. The molecule has 0 aliphatic rings. The Hall–Kier alpha value is -1.50. The Labute approximate surface area is 86.8 Å². The van der Waals surface area contributed by atoms with E-state index >= 15 is 0 Å². The molecule has 0 saturated carbocycles. The van der Waals surface area contributed by atoms with E-state index in [9.17, 15) is 13.2 Å². The quantitative estimate of drug-likeness (QED) is 0.757. The molecule has 2 aromatic rings. The van der Waals surface area contributed by atoms with Crippen LogP contribution in [0.1, 0.15) is 5.82 Å². The highest BCUT2D eigenvalue weighted by Gasteiger charge is 2.36. The molecule has 0 amide bonds. The van der Waals surface area contributed by atoms with Crippen molar-refractivity contribution in [3.63, 3.8) is 0 Å². The Bertz CT molecular complexity index is 452. The third-order valence-corrected chi connectivity index (χ3v) is 2.30. The largest absolute Gasteiger partial charge is 0.452 e. The lowest BCUT2D eigenvalue weighted by atomic mass is 10.4. The Morgan fingerprint density at radius 3 is 2.53 bits per heavy atom. The van der Waals surface area contributed by atoms with Crippen LogP contribution in [0, 0.1) is 0 Å². The summed E-state index contributed by atoms with van der Waals surface area (Å²) in [6.07, 6.45) is -3.01. The fraction of sp³-hybridized carbons (Fsp3) is 0.125. The van der Waals surface area contributed by atoms with Crippen LogP contribution in [0.25, 0.3) is 10.7 Å². The molecule has 0 bridgehead atoms. The highest BCUT2D eigenvalue weighted by Crippen LogP contribution is 2.30. The zero-order valence-electron chi connectivity index (χ0n) is 7.19. The minimum atomic E-state index is -4.50. The summed E-state index contributed by atoms with van der Waals surface area (Å²) in [4.78, 5) is 7.26. The lowest BCUT2D eigenvalue weighted by molar-refractivity contribution is -0.144. The first-order valence-electron chi connectivity index (χ1n) is 3.89. The Morgan fingerprint density at radius 1 is 1.20 bits per heavy atom. The predicted molar refractivity (Wildman–Crippen MR) is 48.1 cm³/mol. The number of alkyl halides is 3. The molecule has 3 nitrogen and oxygen atoms in total. The molecule has 2 rings (SSSR count). The molecule has 15 heavy (non-hydrogen) atoms. The monoisotopic (exact) mass is 231 g/mol. The molecule has 0 N–H and O–H groups in total. The summed E-state index contributed by atoms with van der Waals surface area (Å²) in [6, 6.07) is 4.94. The smallest absolute Gasteiger partial charge is 0.254 e. The number of halogens is 3. The van der Waals surface area contributed by atoms with Crippen molar-refractivity contribution in [2.24, 2.45) is 0 Å². The summed E-state index contributed by atoms with van der Waals surface area (Å²) in [5.74, 6) is -1.12. The molecule has 7 heteroatoms. The second-order valence-corrected chi connectivity index (χ2v) is 3.39. The van der Waals surface area contributed by atoms with Crippen molar-refractivity contribution in [2.45, 2.75) is 6.18 Å². The van der Waals surface area contributed by atoms with Gasteiger partial charge in [-0.05, 0) is 23.7 Å². The van der Waals surface area contributed by atoms with E-state index in [2.05, 4.69) is 14.3 Å². The molecular weight excluding hydrogens is 227 g/mol. The van der Waals surface area contributed by atoms with Crippen LogP contribution in [0.5, 0.6) is 0 Å². The maximum absolute atomic E-state index is 12.2. The van der Waals surface area contributed by atoms with Crippen molar-refractivity contribution >= 4 is 11.5 Å². The summed E-state index contributed by atoms with van der Waals surface area (Å²) in [5.41, 5.74) is 0.394. The Kier molecular flexibility index (Phi) is 2.39. The molecular formula is C8H4F3N3S. The lowest BCUT2D eigenvalue weighted by Gasteiger charge is -1.97. The number of nitrogens with zero attached hydrogens (tertiary/aromatic N) is 3. The van der Waals surface area contributed by atoms with Gasteiger partial charge in [-0.3, -0.25) is 4.98 Å². The van der Waals surface area contributed by atoms with E-state index < -0.39 is 12.0 Å². The van der Waals surface area contributed by atoms with Gasteiger partial charge in [0.05, 0.1) is 0 Å². The first-order chi connectivity index (χ1) is 7.07. The number of pyridine rings is 1. The normalized spacial score (nSPS) is 11.7. The van der Waals surface area contributed by atoms with E-state index in [1.54, 1.807) is 18.2 Å². The van der Waals surface area contributed by atoms with Crippen molar-refractivity contribution < 1.29 is 13.2 Å². The highest BCUT2D eigenvalue weighted by molar-refractivity contribution is 7.09. The molecule has 0 radical (unpaired) electrons. The minimum absolute atomic E-state index is 0.169. The second-order valence-electron chi connectivity index (χ2n) is 2.64. The molecule has 2 aromatic heterocycles. The number of hydrogen-bond donors (Lipinski definition) is 0. The van der Waals surface area contributed by atoms with Gasteiger partial charge >= 0.3 is 6.18 Å². The van der Waals surface area contributed by atoms with E-state index in [1.807, 2.05) is 0 Å². The van der Waals surface area contributed by atoms with Crippen LogP contribution in [0.3, 0.4) is 0 Å². The maximum atomic E-state index is 12.2. The Balaban J connectivity index is 2.37. The van der Waals surface area contributed by atoms with E-state index in [0.717, 1.165) is 0 Å². The van der Waals surface area contributed by atoms with Crippen molar-refractivity contribution in [3.8, 4) is 10.7 Å². The summed E-state index contributed by atoms with van der Waals surface area (Å²) in [6.45, 7) is 0. The molecule has 78 valence electrons. The SMILES string of the molecule is FC(F)(F)c1nsc(-c2ccccn2)n1. The van der Waals surface area contributed by atoms with Crippen molar-refractivity contribution in [3.05, 3.63) is 30.2 Å².